The Hall–Kier alpha value is -1.23. The van der Waals surface area contributed by atoms with Crippen molar-refractivity contribution in [2.24, 2.45) is 16.6 Å². The standard InChI is InChI=1S/C17H25F3N4O.HI/c1-2-24-11-8-13(9-12-24)7-10-22-16(21)23-14-5-3-4-6-15(14)25-17(18,19)20;/h3-6,13H,2,7-12H2,1H3,(H3,21,22,23);1H. The molecule has 1 aliphatic heterocycles. The van der Waals surface area contributed by atoms with E-state index in [2.05, 4.69) is 26.9 Å². The van der Waals surface area contributed by atoms with Crippen LogP contribution in [0.25, 0.3) is 0 Å². The van der Waals surface area contributed by atoms with Crippen LogP contribution < -0.4 is 15.8 Å². The van der Waals surface area contributed by atoms with Gasteiger partial charge in [-0.25, -0.2) is 0 Å². The summed E-state index contributed by atoms with van der Waals surface area (Å²) >= 11 is 0. The van der Waals surface area contributed by atoms with E-state index in [0.29, 0.717) is 12.5 Å². The maximum atomic E-state index is 12.4. The number of piperidine rings is 1. The summed E-state index contributed by atoms with van der Waals surface area (Å²) in [4.78, 5) is 6.65. The van der Waals surface area contributed by atoms with Crippen molar-refractivity contribution >= 4 is 35.6 Å². The lowest BCUT2D eigenvalue weighted by Crippen LogP contribution is -2.33. The minimum Gasteiger partial charge on any atom is -0.404 e. The number of hydrogen-bond donors (Lipinski definition) is 2. The van der Waals surface area contributed by atoms with Gasteiger partial charge in [-0.1, -0.05) is 19.1 Å². The predicted molar refractivity (Wildman–Crippen MR) is 108 cm³/mol. The summed E-state index contributed by atoms with van der Waals surface area (Å²) in [6, 6.07) is 5.75. The van der Waals surface area contributed by atoms with Gasteiger partial charge in [-0.15, -0.1) is 37.1 Å². The Labute approximate surface area is 169 Å². The van der Waals surface area contributed by atoms with Gasteiger partial charge in [-0.3, -0.25) is 4.99 Å². The lowest BCUT2D eigenvalue weighted by atomic mass is 9.94. The Bertz CT molecular complexity index is 575. The van der Waals surface area contributed by atoms with Crippen LogP contribution in [-0.2, 0) is 0 Å². The molecule has 2 rings (SSSR count). The zero-order chi connectivity index (χ0) is 18.3. The van der Waals surface area contributed by atoms with Crippen LogP contribution in [0.1, 0.15) is 26.2 Å². The zero-order valence-corrected chi connectivity index (χ0v) is 17.1. The fourth-order valence-corrected chi connectivity index (χ4v) is 2.92. The van der Waals surface area contributed by atoms with Crippen molar-refractivity contribution in [2.75, 3.05) is 31.5 Å². The minimum absolute atomic E-state index is 0. The van der Waals surface area contributed by atoms with Gasteiger partial charge in [0.2, 0.25) is 0 Å². The molecule has 0 unspecified atom stereocenters. The molecule has 0 spiro atoms. The van der Waals surface area contributed by atoms with Crippen LogP contribution in [0.4, 0.5) is 18.9 Å². The van der Waals surface area contributed by atoms with Crippen LogP contribution in [0.5, 0.6) is 5.75 Å². The third-order valence-corrected chi connectivity index (χ3v) is 4.35. The van der Waals surface area contributed by atoms with Crippen molar-refractivity contribution < 1.29 is 17.9 Å². The molecule has 1 aliphatic rings. The number of nitrogens with two attached hydrogens (primary N) is 1. The highest BCUT2D eigenvalue weighted by molar-refractivity contribution is 14.0. The normalized spacial score (nSPS) is 16.8. The number of benzene rings is 1. The Morgan fingerprint density at radius 1 is 1.31 bits per heavy atom. The van der Waals surface area contributed by atoms with E-state index in [4.69, 9.17) is 5.73 Å². The molecule has 0 amide bonds. The summed E-state index contributed by atoms with van der Waals surface area (Å²) in [6.07, 6.45) is -1.52. The highest BCUT2D eigenvalue weighted by atomic mass is 127. The quantitative estimate of drug-likeness (QED) is 0.362. The summed E-state index contributed by atoms with van der Waals surface area (Å²) in [5, 5.41) is 2.68. The first-order valence-electron chi connectivity index (χ1n) is 8.51. The number of nitrogens with one attached hydrogen (secondary N) is 1. The number of rotatable bonds is 6. The topological polar surface area (TPSA) is 62.9 Å². The summed E-state index contributed by atoms with van der Waals surface area (Å²) in [6.45, 7) is 6.03. The summed E-state index contributed by atoms with van der Waals surface area (Å²) in [5.41, 5.74) is 5.93. The van der Waals surface area contributed by atoms with Crippen LogP contribution >= 0.6 is 24.0 Å². The molecule has 1 aromatic rings. The minimum atomic E-state index is -4.75. The van der Waals surface area contributed by atoms with Crippen molar-refractivity contribution in [1.82, 2.24) is 4.90 Å². The van der Waals surface area contributed by atoms with Crippen molar-refractivity contribution in [3.8, 4) is 5.75 Å². The van der Waals surface area contributed by atoms with Crippen LogP contribution in [0.3, 0.4) is 0 Å². The van der Waals surface area contributed by atoms with Gasteiger partial charge < -0.3 is 20.7 Å². The first-order valence-corrected chi connectivity index (χ1v) is 8.51. The molecule has 148 valence electrons. The number of para-hydroxylation sites is 2. The highest BCUT2D eigenvalue weighted by Crippen LogP contribution is 2.29. The van der Waals surface area contributed by atoms with E-state index in [9.17, 15) is 13.2 Å². The largest absolute Gasteiger partial charge is 0.573 e. The fraction of sp³-hybridized carbons (Fsp3) is 0.588. The molecule has 1 aromatic carbocycles. The molecule has 1 heterocycles. The van der Waals surface area contributed by atoms with Crippen molar-refractivity contribution in [3.63, 3.8) is 0 Å². The number of alkyl halides is 3. The molecule has 1 saturated heterocycles. The zero-order valence-electron chi connectivity index (χ0n) is 14.8. The van der Waals surface area contributed by atoms with Gasteiger partial charge in [0, 0.05) is 6.54 Å². The predicted octanol–water partition coefficient (Wildman–Crippen LogP) is 4.05. The van der Waals surface area contributed by atoms with E-state index in [0.717, 1.165) is 38.9 Å². The van der Waals surface area contributed by atoms with Gasteiger partial charge >= 0.3 is 6.36 Å². The summed E-state index contributed by atoms with van der Waals surface area (Å²) in [5.74, 6) is 0.379. The Balaban J connectivity index is 0.00000338. The van der Waals surface area contributed by atoms with Gasteiger partial charge in [0.1, 0.15) is 0 Å². The molecule has 9 heteroatoms. The molecule has 3 N–H and O–H groups in total. The highest BCUT2D eigenvalue weighted by Gasteiger charge is 2.32. The van der Waals surface area contributed by atoms with Crippen molar-refractivity contribution in [1.29, 1.82) is 0 Å². The average molecular weight is 486 g/mol. The molecule has 0 aromatic heterocycles. The summed E-state index contributed by atoms with van der Waals surface area (Å²) < 4.78 is 41.2. The number of anilines is 1. The SMILES string of the molecule is CCN1CCC(CCN=C(N)Nc2ccccc2OC(F)(F)F)CC1.I. The molecular weight excluding hydrogens is 460 g/mol. The van der Waals surface area contributed by atoms with Gasteiger partial charge in [-0.2, -0.15) is 0 Å². The van der Waals surface area contributed by atoms with Gasteiger partial charge in [0.25, 0.3) is 0 Å². The lowest BCUT2D eigenvalue weighted by Gasteiger charge is -2.30. The number of guanidine groups is 1. The van der Waals surface area contributed by atoms with Gasteiger partial charge in [-0.05, 0) is 56.9 Å². The van der Waals surface area contributed by atoms with E-state index in [-0.39, 0.29) is 41.4 Å². The number of ether oxygens (including phenoxy) is 1. The number of nitrogens with zero attached hydrogens (tertiary/aromatic N) is 2. The number of hydrogen-bond acceptors (Lipinski definition) is 3. The monoisotopic (exact) mass is 486 g/mol. The number of aliphatic imine (C=N–C) groups is 1. The molecule has 0 aliphatic carbocycles. The average Bonchev–Trinajstić information content (AvgIpc) is 2.56. The third-order valence-electron chi connectivity index (χ3n) is 4.35. The van der Waals surface area contributed by atoms with E-state index in [1.807, 2.05) is 0 Å². The fourth-order valence-electron chi connectivity index (χ4n) is 2.92. The number of halogens is 4. The molecule has 0 radical (unpaired) electrons. The van der Waals surface area contributed by atoms with Gasteiger partial charge in [0.05, 0.1) is 5.69 Å². The number of likely N-dealkylation sites (tertiary alicyclic amines) is 1. The second-order valence-electron chi connectivity index (χ2n) is 6.10. The molecule has 26 heavy (non-hydrogen) atoms. The van der Waals surface area contributed by atoms with Crippen molar-refractivity contribution in [2.45, 2.75) is 32.5 Å². The molecule has 0 atom stereocenters. The molecular formula is C17H26F3IN4O. The Morgan fingerprint density at radius 2 is 1.96 bits per heavy atom. The molecule has 1 fully saturated rings. The van der Waals surface area contributed by atoms with Crippen LogP contribution in [0.15, 0.2) is 29.3 Å². The van der Waals surface area contributed by atoms with E-state index in [1.165, 1.54) is 18.2 Å². The Morgan fingerprint density at radius 3 is 2.58 bits per heavy atom. The van der Waals surface area contributed by atoms with Crippen LogP contribution in [0, 0.1) is 5.92 Å². The summed E-state index contributed by atoms with van der Waals surface area (Å²) in [7, 11) is 0. The lowest BCUT2D eigenvalue weighted by molar-refractivity contribution is -0.274. The van der Waals surface area contributed by atoms with E-state index in [1.54, 1.807) is 6.07 Å². The molecule has 0 saturated carbocycles. The first-order chi connectivity index (χ1) is 11.9. The second kappa shape index (κ2) is 10.8. The van der Waals surface area contributed by atoms with Crippen molar-refractivity contribution in [3.05, 3.63) is 24.3 Å². The van der Waals surface area contributed by atoms with Crippen LogP contribution in [-0.4, -0.2) is 43.4 Å². The second-order valence-corrected chi connectivity index (χ2v) is 6.10. The Kier molecular flexibility index (Phi) is 9.48. The molecule has 5 nitrogen and oxygen atoms in total. The van der Waals surface area contributed by atoms with E-state index < -0.39 is 6.36 Å². The maximum Gasteiger partial charge on any atom is 0.573 e. The van der Waals surface area contributed by atoms with Crippen LogP contribution in [0.2, 0.25) is 0 Å². The maximum absolute atomic E-state index is 12.4. The van der Waals surface area contributed by atoms with Gasteiger partial charge in [0.15, 0.2) is 11.7 Å². The third kappa shape index (κ3) is 7.98. The molecule has 0 bridgehead atoms. The smallest absolute Gasteiger partial charge is 0.404 e. The first kappa shape index (κ1) is 22.8. The van der Waals surface area contributed by atoms with E-state index >= 15 is 0 Å².